The molecule has 19 heavy (non-hydrogen) atoms. The SMILES string of the molecule is Cc1nc(C2CN(C)CCCN2C)nc2c1CNC2. The molecule has 1 aromatic heterocycles. The van der Waals surface area contributed by atoms with Gasteiger partial charge in [0.2, 0.25) is 0 Å². The Morgan fingerprint density at radius 2 is 2.00 bits per heavy atom. The van der Waals surface area contributed by atoms with Crippen LogP contribution in [0.1, 0.15) is 35.2 Å². The van der Waals surface area contributed by atoms with E-state index in [9.17, 15) is 0 Å². The molecule has 0 radical (unpaired) electrons. The number of hydrogen-bond donors (Lipinski definition) is 1. The van der Waals surface area contributed by atoms with Crippen molar-refractivity contribution in [3.8, 4) is 0 Å². The van der Waals surface area contributed by atoms with Gasteiger partial charge in [-0.1, -0.05) is 0 Å². The van der Waals surface area contributed by atoms with E-state index in [-0.39, 0.29) is 0 Å². The van der Waals surface area contributed by atoms with Gasteiger partial charge in [0, 0.05) is 30.9 Å². The maximum absolute atomic E-state index is 4.82. The normalized spacial score (nSPS) is 25.3. The van der Waals surface area contributed by atoms with Gasteiger partial charge in [0.15, 0.2) is 0 Å². The first-order valence-corrected chi connectivity index (χ1v) is 7.11. The molecule has 0 saturated carbocycles. The van der Waals surface area contributed by atoms with Crippen molar-refractivity contribution < 1.29 is 0 Å². The average Bonchev–Trinajstić information content (AvgIpc) is 2.77. The van der Waals surface area contributed by atoms with Gasteiger partial charge in [0.05, 0.1) is 11.7 Å². The Hall–Kier alpha value is -1.04. The van der Waals surface area contributed by atoms with E-state index in [1.807, 2.05) is 0 Å². The molecule has 3 heterocycles. The molecule has 0 aliphatic carbocycles. The van der Waals surface area contributed by atoms with Crippen LogP contribution >= 0.6 is 0 Å². The number of likely N-dealkylation sites (N-methyl/N-ethyl adjacent to an activating group) is 2. The minimum absolute atomic E-state index is 0.317. The van der Waals surface area contributed by atoms with Crippen LogP contribution < -0.4 is 5.32 Å². The molecule has 1 unspecified atom stereocenters. The van der Waals surface area contributed by atoms with Gasteiger partial charge in [-0.3, -0.25) is 4.90 Å². The van der Waals surface area contributed by atoms with Crippen LogP contribution in [0.3, 0.4) is 0 Å². The standard InChI is InChI=1S/C14H23N5/c1-10-11-7-15-8-12(11)17-14(16-10)13-9-18(2)5-4-6-19(13)3/h13,15H,4-9H2,1-3H3. The largest absolute Gasteiger partial charge is 0.307 e. The third-order valence-corrected chi connectivity index (χ3v) is 4.28. The molecule has 1 aromatic rings. The van der Waals surface area contributed by atoms with Crippen molar-refractivity contribution in [2.45, 2.75) is 32.5 Å². The number of aromatic nitrogens is 2. The Morgan fingerprint density at radius 3 is 2.84 bits per heavy atom. The Bertz CT molecular complexity index is 473. The second-order valence-corrected chi connectivity index (χ2v) is 5.81. The average molecular weight is 261 g/mol. The van der Waals surface area contributed by atoms with Crippen molar-refractivity contribution in [1.82, 2.24) is 25.1 Å². The summed E-state index contributed by atoms with van der Waals surface area (Å²) in [4.78, 5) is 14.4. The summed E-state index contributed by atoms with van der Waals surface area (Å²) in [6.45, 7) is 7.21. The van der Waals surface area contributed by atoms with Gasteiger partial charge < -0.3 is 10.2 Å². The van der Waals surface area contributed by atoms with Crippen molar-refractivity contribution in [2.24, 2.45) is 0 Å². The summed E-state index contributed by atoms with van der Waals surface area (Å²) in [5.74, 6) is 0.996. The lowest BCUT2D eigenvalue weighted by atomic mass is 10.1. The van der Waals surface area contributed by atoms with E-state index in [4.69, 9.17) is 9.97 Å². The number of aryl methyl sites for hydroxylation is 1. The second-order valence-electron chi connectivity index (χ2n) is 5.81. The molecule has 5 heteroatoms. The second kappa shape index (κ2) is 5.15. The molecule has 0 amide bonds. The molecule has 2 aliphatic rings. The first-order chi connectivity index (χ1) is 9.15. The van der Waals surface area contributed by atoms with Gasteiger partial charge in [-0.15, -0.1) is 0 Å². The van der Waals surface area contributed by atoms with Crippen molar-refractivity contribution in [1.29, 1.82) is 0 Å². The lowest BCUT2D eigenvalue weighted by Gasteiger charge is -2.26. The Balaban J connectivity index is 1.94. The lowest BCUT2D eigenvalue weighted by molar-refractivity contribution is 0.219. The van der Waals surface area contributed by atoms with Crippen molar-refractivity contribution in [2.75, 3.05) is 33.7 Å². The number of fused-ring (bicyclic) bond motifs is 1. The van der Waals surface area contributed by atoms with E-state index in [0.29, 0.717) is 6.04 Å². The Kier molecular flexibility index (Phi) is 3.52. The maximum atomic E-state index is 4.82. The highest BCUT2D eigenvalue weighted by Gasteiger charge is 2.26. The summed E-state index contributed by atoms with van der Waals surface area (Å²) in [7, 11) is 4.38. The first kappa shape index (κ1) is 13.0. The molecular formula is C14H23N5. The van der Waals surface area contributed by atoms with Crippen molar-refractivity contribution >= 4 is 0 Å². The highest BCUT2D eigenvalue weighted by Crippen LogP contribution is 2.24. The molecule has 1 atom stereocenters. The van der Waals surface area contributed by atoms with Gasteiger partial charge in [-0.25, -0.2) is 9.97 Å². The van der Waals surface area contributed by atoms with Gasteiger partial charge in [-0.2, -0.15) is 0 Å². The van der Waals surface area contributed by atoms with E-state index in [0.717, 1.165) is 44.2 Å². The molecule has 104 valence electrons. The van der Waals surface area contributed by atoms with E-state index in [2.05, 4.69) is 36.1 Å². The fourth-order valence-electron chi connectivity index (χ4n) is 3.06. The Morgan fingerprint density at radius 1 is 1.16 bits per heavy atom. The molecule has 2 aliphatic heterocycles. The van der Waals surface area contributed by atoms with Crippen LogP contribution in [0.2, 0.25) is 0 Å². The van der Waals surface area contributed by atoms with Crippen LogP contribution in [0.25, 0.3) is 0 Å². The summed E-state index contributed by atoms with van der Waals surface area (Å²) < 4.78 is 0. The van der Waals surface area contributed by atoms with Crippen LogP contribution in [0, 0.1) is 6.92 Å². The minimum Gasteiger partial charge on any atom is -0.307 e. The smallest absolute Gasteiger partial charge is 0.147 e. The zero-order chi connectivity index (χ0) is 13.4. The lowest BCUT2D eigenvalue weighted by Crippen LogP contribution is -2.32. The van der Waals surface area contributed by atoms with E-state index in [1.165, 1.54) is 17.7 Å². The van der Waals surface area contributed by atoms with Crippen LogP contribution in [-0.2, 0) is 13.1 Å². The highest BCUT2D eigenvalue weighted by molar-refractivity contribution is 5.29. The summed E-state index contributed by atoms with van der Waals surface area (Å²) in [6, 6.07) is 0.317. The van der Waals surface area contributed by atoms with Gasteiger partial charge in [0.25, 0.3) is 0 Å². The Labute approximate surface area is 115 Å². The third kappa shape index (κ3) is 2.50. The number of nitrogens with zero attached hydrogens (tertiary/aromatic N) is 4. The topological polar surface area (TPSA) is 44.3 Å². The molecule has 0 spiro atoms. The predicted molar refractivity (Wildman–Crippen MR) is 74.8 cm³/mol. The van der Waals surface area contributed by atoms with E-state index in [1.54, 1.807) is 0 Å². The van der Waals surface area contributed by atoms with Crippen LogP contribution in [0.5, 0.6) is 0 Å². The first-order valence-electron chi connectivity index (χ1n) is 7.11. The van der Waals surface area contributed by atoms with Gasteiger partial charge >= 0.3 is 0 Å². The number of rotatable bonds is 1. The molecule has 3 rings (SSSR count). The van der Waals surface area contributed by atoms with E-state index < -0.39 is 0 Å². The summed E-state index contributed by atoms with van der Waals surface area (Å²) in [5, 5.41) is 3.36. The van der Waals surface area contributed by atoms with Gasteiger partial charge in [-0.05, 0) is 40.5 Å². The monoisotopic (exact) mass is 261 g/mol. The third-order valence-electron chi connectivity index (χ3n) is 4.28. The van der Waals surface area contributed by atoms with Gasteiger partial charge in [0.1, 0.15) is 5.82 Å². The van der Waals surface area contributed by atoms with Crippen LogP contribution in [0.4, 0.5) is 0 Å². The zero-order valence-corrected chi connectivity index (χ0v) is 12.1. The van der Waals surface area contributed by atoms with E-state index >= 15 is 0 Å². The number of nitrogens with one attached hydrogen (secondary N) is 1. The zero-order valence-electron chi connectivity index (χ0n) is 12.1. The fraction of sp³-hybridized carbons (Fsp3) is 0.714. The molecule has 0 aromatic carbocycles. The molecule has 1 saturated heterocycles. The molecule has 0 bridgehead atoms. The summed E-state index contributed by atoms with van der Waals surface area (Å²) in [6.07, 6.45) is 1.22. The predicted octanol–water partition coefficient (Wildman–Crippen LogP) is 0.697. The minimum atomic E-state index is 0.317. The molecule has 1 N–H and O–H groups in total. The highest BCUT2D eigenvalue weighted by atomic mass is 15.2. The summed E-state index contributed by atoms with van der Waals surface area (Å²) in [5.41, 5.74) is 3.64. The van der Waals surface area contributed by atoms with Crippen molar-refractivity contribution in [3.05, 3.63) is 22.8 Å². The molecule has 1 fully saturated rings. The molecular weight excluding hydrogens is 238 g/mol. The van der Waals surface area contributed by atoms with Crippen LogP contribution in [0.15, 0.2) is 0 Å². The summed E-state index contributed by atoms with van der Waals surface area (Å²) >= 11 is 0. The van der Waals surface area contributed by atoms with Crippen LogP contribution in [-0.4, -0.2) is 53.5 Å². The molecule has 5 nitrogen and oxygen atoms in total. The maximum Gasteiger partial charge on any atom is 0.147 e. The van der Waals surface area contributed by atoms with Crippen molar-refractivity contribution in [3.63, 3.8) is 0 Å². The number of hydrogen-bond acceptors (Lipinski definition) is 5. The fourth-order valence-corrected chi connectivity index (χ4v) is 3.06. The quantitative estimate of drug-likeness (QED) is 0.806.